The zero-order chi connectivity index (χ0) is 4.50. The van der Waals surface area contributed by atoms with Crippen molar-refractivity contribution in [3.63, 3.8) is 0 Å². The fourth-order valence-electron chi connectivity index (χ4n) is 0. The summed E-state index contributed by atoms with van der Waals surface area (Å²) in [5.41, 5.74) is 0. The first-order chi connectivity index (χ1) is 2.00. The number of halogens is 1. The van der Waals surface area contributed by atoms with Gasteiger partial charge in [-0.25, -0.2) is 4.20 Å². The van der Waals surface area contributed by atoms with E-state index in [9.17, 15) is 4.20 Å². The van der Waals surface area contributed by atoms with Crippen LogP contribution >= 0.6 is 7.91 Å². The van der Waals surface area contributed by atoms with Gasteiger partial charge in [-0.1, -0.05) is 0 Å². The molecule has 0 unspecified atom stereocenters. The van der Waals surface area contributed by atoms with E-state index in [1.54, 1.807) is 0 Å². The van der Waals surface area contributed by atoms with Crippen LogP contribution in [0.1, 0.15) is 0 Å². The van der Waals surface area contributed by atoms with Gasteiger partial charge in [0.25, 0.3) is 0 Å². The summed E-state index contributed by atoms with van der Waals surface area (Å²) in [4.78, 5) is 16.9. The molecule has 0 radical (unpaired) electrons. The maximum Gasteiger partial charge on any atom is 2.00 e. The van der Waals surface area contributed by atoms with Crippen molar-refractivity contribution in [2.24, 2.45) is 0 Å². The maximum absolute atomic E-state index is 10.1. The van der Waals surface area contributed by atoms with Crippen molar-refractivity contribution in [1.82, 2.24) is 0 Å². The molecule has 0 aliphatic rings. The SMILES string of the molecule is O=P([O-])([O-])F.[AlH3].[Ca+2]. The normalized spacial score (nSPS) is 8.43. The van der Waals surface area contributed by atoms with Gasteiger partial charge in [0, 0.05) is 0 Å². The summed E-state index contributed by atoms with van der Waals surface area (Å²) >= 11 is 0. The summed E-state index contributed by atoms with van der Waals surface area (Å²) in [6.07, 6.45) is 0. The molecule has 0 amide bonds. The molecule has 7 heteroatoms. The molecule has 0 aromatic rings. The van der Waals surface area contributed by atoms with Crippen LogP contribution in [0.15, 0.2) is 0 Å². The van der Waals surface area contributed by atoms with E-state index in [-0.39, 0.29) is 55.1 Å². The second-order valence-corrected chi connectivity index (χ2v) is 1.29. The monoisotopic (exact) mass is 168 g/mol. The van der Waals surface area contributed by atoms with Gasteiger partial charge in [0.1, 0.15) is 7.91 Å². The van der Waals surface area contributed by atoms with Crippen LogP contribution in [0.4, 0.5) is 4.20 Å². The topological polar surface area (TPSA) is 63.2 Å². The molecule has 38 valence electrons. The minimum absolute atomic E-state index is 0. The van der Waals surface area contributed by atoms with Gasteiger partial charge in [-0.3, -0.25) is 0 Å². The van der Waals surface area contributed by atoms with Gasteiger partial charge in [0.2, 0.25) is 0 Å². The zero-order valence-electron chi connectivity index (χ0n) is 2.76. The third-order valence-corrected chi connectivity index (χ3v) is 0. The number of rotatable bonds is 0. The second kappa shape index (κ2) is 6.00. The van der Waals surface area contributed by atoms with Crippen molar-refractivity contribution in [1.29, 1.82) is 0 Å². The minimum atomic E-state index is -5.64. The Bertz CT molecular complexity index is 61.1. The number of hydrogen-bond donors (Lipinski definition) is 0. The molecule has 0 N–H and O–H groups in total. The van der Waals surface area contributed by atoms with Crippen LogP contribution in [0.5, 0.6) is 0 Å². The molecule has 0 aromatic heterocycles. The van der Waals surface area contributed by atoms with Crippen LogP contribution in [0, 0.1) is 0 Å². The third kappa shape index (κ3) is 77.4. The van der Waals surface area contributed by atoms with Gasteiger partial charge < -0.3 is 14.4 Å². The van der Waals surface area contributed by atoms with Gasteiger partial charge in [-0.15, -0.1) is 0 Å². The van der Waals surface area contributed by atoms with E-state index < -0.39 is 7.91 Å². The predicted octanol–water partition coefficient (Wildman–Crippen LogP) is -2.78. The molecular weight excluding hydrogens is 165 g/mol. The van der Waals surface area contributed by atoms with Gasteiger partial charge in [-0.2, -0.15) is 0 Å². The molecule has 0 bridgehead atoms. The average molecular weight is 168 g/mol. The van der Waals surface area contributed by atoms with Crippen molar-refractivity contribution in [2.75, 3.05) is 0 Å². The number of hydrogen-bond acceptors (Lipinski definition) is 3. The Labute approximate surface area is 80.7 Å². The second-order valence-electron chi connectivity index (χ2n) is 0.431. The molecule has 0 atom stereocenters. The molecule has 0 saturated carbocycles. The van der Waals surface area contributed by atoms with E-state index in [1.165, 1.54) is 0 Å². The first-order valence-electron chi connectivity index (χ1n) is 0.717. The van der Waals surface area contributed by atoms with Crippen LogP contribution in [0.3, 0.4) is 0 Å². The molecule has 7 heavy (non-hydrogen) atoms. The van der Waals surface area contributed by atoms with Gasteiger partial charge in [-0.05, 0) is 0 Å². The summed E-state index contributed by atoms with van der Waals surface area (Å²) in [6.45, 7) is 0. The van der Waals surface area contributed by atoms with Crippen LogP contribution in [0.25, 0.3) is 0 Å². The van der Waals surface area contributed by atoms with E-state index in [1.807, 2.05) is 0 Å². The molecule has 0 fully saturated rings. The molecule has 3 nitrogen and oxygen atoms in total. The third-order valence-electron chi connectivity index (χ3n) is 0. The molecule has 0 heterocycles. The average Bonchev–Trinajstić information content (AvgIpc) is 0.722. The Morgan fingerprint density at radius 3 is 1.43 bits per heavy atom. The first-order valence-corrected chi connectivity index (χ1v) is 2.15. The largest absolute Gasteiger partial charge is 2.00 e. The summed E-state index contributed by atoms with van der Waals surface area (Å²) in [5, 5.41) is 0. The van der Waals surface area contributed by atoms with Crippen molar-refractivity contribution in [3.05, 3.63) is 0 Å². The quantitative estimate of drug-likeness (QED) is 0.290. The Kier molecular flexibility index (Phi) is 13.7. The van der Waals surface area contributed by atoms with Gasteiger partial charge >= 0.3 is 37.7 Å². The van der Waals surface area contributed by atoms with Crippen molar-refractivity contribution >= 4 is 63.0 Å². The standard InChI is InChI=1S/Al.Ca.FH2O3P.3H/c;;1-5(2,3)4;;;/h;;(H2,2,3,4);;;/q;+2;;;;/p-2. The van der Waals surface area contributed by atoms with E-state index in [0.29, 0.717) is 0 Å². The van der Waals surface area contributed by atoms with Gasteiger partial charge in [0.05, 0.1) is 0 Å². The fraction of sp³-hybridized carbons (Fsp3) is 0. The Morgan fingerprint density at radius 1 is 1.43 bits per heavy atom. The van der Waals surface area contributed by atoms with E-state index in [2.05, 4.69) is 0 Å². The fourth-order valence-corrected chi connectivity index (χ4v) is 0. The summed E-state index contributed by atoms with van der Waals surface area (Å²) in [7, 11) is -5.64. The maximum atomic E-state index is 10.1. The van der Waals surface area contributed by atoms with Crippen molar-refractivity contribution in [3.8, 4) is 0 Å². The molecule has 0 spiro atoms. The molecule has 0 aliphatic heterocycles. The summed E-state index contributed by atoms with van der Waals surface area (Å²) < 4.78 is 18.6. The molecular formula is H3AlCaFO3P. The molecule has 0 aromatic carbocycles. The predicted molar refractivity (Wildman–Crippen MR) is 24.4 cm³/mol. The van der Waals surface area contributed by atoms with E-state index >= 15 is 0 Å². The van der Waals surface area contributed by atoms with Crippen molar-refractivity contribution in [2.45, 2.75) is 0 Å². The molecule has 0 aliphatic carbocycles. The van der Waals surface area contributed by atoms with Crippen LogP contribution in [0.2, 0.25) is 0 Å². The minimum Gasteiger partial charge on any atom is -0.786 e. The van der Waals surface area contributed by atoms with Crippen LogP contribution in [-0.4, -0.2) is 55.1 Å². The first kappa shape index (κ1) is 15.9. The Balaban J connectivity index is -0.0000000800. The zero-order valence-corrected chi connectivity index (χ0v) is 5.86. The summed E-state index contributed by atoms with van der Waals surface area (Å²) in [5.74, 6) is 0. The smallest absolute Gasteiger partial charge is 0.786 e. The Hall–Kier alpha value is 1.87. The van der Waals surface area contributed by atoms with E-state index in [4.69, 9.17) is 14.4 Å². The van der Waals surface area contributed by atoms with E-state index in [0.717, 1.165) is 0 Å². The van der Waals surface area contributed by atoms with Gasteiger partial charge in [0.15, 0.2) is 17.4 Å². The molecule has 0 saturated heterocycles. The van der Waals surface area contributed by atoms with Crippen LogP contribution < -0.4 is 9.79 Å². The van der Waals surface area contributed by atoms with Crippen LogP contribution in [-0.2, 0) is 4.57 Å². The Morgan fingerprint density at radius 2 is 1.43 bits per heavy atom. The summed E-state index contributed by atoms with van der Waals surface area (Å²) in [6, 6.07) is 0. The molecule has 0 rings (SSSR count). The van der Waals surface area contributed by atoms with Crippen molar-refractivity contribution < 1.29 is 18.5 Å².